The van der Waals surface area contributed by atoms with Gasteiger partial charge in [0.25, 0.3) is 5.91 Å². The molecule has 0 unspecified atom stereocenters. The van der Waals surface area contributed by atoms with Gasteiger partial charge in [-0.1, -0.05) is 0 Å². The highest BCUT2D eigenvalue weighted by atomic mass is 32.1. The van der Waals surface area contributed by atoms with E-state index in [0.29, 0.717) is 57.0 Å². The third-order valence-electron chi connectivity index (χ3n) is 4.66. The van der Waals surface area contributed by atoms with Crippen molar-refractivity contribution < 1.29 is 23.8 Å². The highest BCUT2D eigenvalue weighted by molar-refractivity contribution is 7.14. The van der Waals surface area contributed by atoms with Crippen LogP contribution < -0.4 is 0 Å². The summed E-state index contributed by atoms with van der Waals surface area (Å²) in [6, 6.07) is 3.77. The Morgan fingerprint density at radius 3 is 2.52 bits per heavy atom. The normalized spacial score (nSPS) is 16.7. The van der Waals surface area contributed by atoms with E-state index in [0.717, 1.165) is 4.88 Å². The molecule has 7 heteroatoms. The zero-order valence-corrected chi connectivity index (χ0v) is 16.0. The number of thiophene rings is 1. The van der Waals surface area contributed by atoms with Gasteiger partial charge in [0.1, 0.15) is 0 Å². The van der Waals surface area contributed by atoms with E-state index in [1.807, 2.05) is 24.0 Å². The lowest BCUT2D eigenvalue weighted by molar-refractivity contribution is -0.159. The number of esters is 1. The lowest BCUT2D eigenvalue weighted by Gasteiger charge is -2.39. The number of nitrogens with zero attached hydrogens (tertiary/aromatic N) is 1. The van der Waals surface area contributed by atoms with E-state index in [9.17, 15) is 9.59 Å². The molecule has 1 aliphatic heterocycles. The van der Waals surface area contributed by atoms with Crippen molar-refractivity contribution >= 4 is 23.2 Å². The molecule has 0 aliphatic carbocycles. The van der Waals surface area contributed by atoms with Crippen molar-refractivity contribution in [1.82, 2.24) is 4.90 Å². The van der Waals surface area contributed by atoms with Gasteiger partial charge in [0.15, 0.2) is 0 Å². The third kappa shape index (κ3) is 4.80. The van der Waals surface area contributed by atoms with Gasteiger partial charge in [-0.25, -0.2) is 0 Å². The van der Waals surface area contributed by atoms with Crippen molar-refractivity contribution in [2.75, 3.05) is 40.5 Å². The third-order valence-corrected chi connectivity index (χ3v) is 5.71. The predicted octanol–water partition coefficient (Wildman–Crippen LogP) is 2.72. The fourth-order valence-electron chi connectivity index (χ4n) is 3.14. The Hall–Kier alpha value is -1.44. The molecular formula is C18H27NO5S. The highest BCUT2D eigenvalue weighted by Gasteiger charge is 2.43. The van der Waals surface area contributed by atoms with E-state index < -0.39 is 5.41 Å². The molecule has 25 heavy (non-hydrogen) atoms. The maximum Gasteiger partial charge on any atom is 0.312 e. The molecule has 2 heterocycles. The number of likely N-dealkylation sites (tertiary alicyclic amines) is 1. The first-order chi connectivity index (χ1) is 12.1. The van der Waals surface area contributed by atoms with Crippen molar-refractivity contribution in [2.24, 2.45) is 5.41 Å². The zero-order chi connectivity index (χ0) is 18.3. The number of hydrogen-bond acceptors (Lipinski definition) is 6. The van der Waals surface area contributed by atoms with Crippen LogP contribution in [0.1, 0.15) is 40.7 Å². The number of rotatable bonds is 8. The largest absolute Gasteiger partial charge is 0.466 e. The molecule has 1 amide bonds. The van der Waals surface area contributed by atoms with E-state index in [4.69, 9.17) is 14.2 Å². The van der Waals surface area contributed by atoms with Crippen molar-refractivity contribution in [2.45, 2.75) is 32.8 Å². The van der Waals surface area contributed by atoms with E-state index in [-0.39, 0.29) is 11.9 Å². The van der Waals surface area contributed by atoms with Gasteiger partial charge in [0.05, 0.1) is 23.5 Å². The molecule has 1 aliphatic rings. The van der Waals surface area contributed by atoms with Crippen molar-refractivity contribution in [3.63, 3.8) is 0 Å². The molecule has 0 saturated carbocycles. The Bertz CT molecular complexity index is 578. The number of amides is 1. The Labute approximate surface area is 153 Å². The van der Waals surface area contributed by atoms with Crippen LogP contribution in [0.4, 0.5) is 0 Å². The second-order valence-corrected chi connectivity index (χ2v) is 7.40. The van der Waals surface area contributed by atoms with Crippen LogP contribution in [0.2, 0.25) is 0 Å². The standard InChI is InChI=1S/C18H27NO5S/c1-4-24-17(21)18(9-12-22-2)7-10-19(11-8-18)16(20)15-6-5-14(25-15)13-23-3/h5-6H,4,7-13H2,1-3H3. The Kier molecular flexibility index (Phi) is 7.40. The monoisotopic (exact) mass is 369 g/mol. The number of piperidine rings is 1. The second kappa shape index (κ2) is 9.31. The summed E-state index contributed by atoms with van der Waals surface area (Å²) in [5.74, 6) is -0.144. The lowest BCUT2D eigenvalue weighted by atomic mass is 9.75. The van der Waals surface area contributed by atoms with Gasteiger partial charge in [-0.3, -0.25) is 9.59 Å². The summed E-state index contributed by atoms with van der Waals surface area (Å²) in [6.07, 6.45) is 1.84. The van der Waals surface area contributed by atoms with Crippen LogP contribution in [0.5, 0.6) is 0 Å². The molecule has 1 aromatic rings. The van der Waals surface area contributed by atoms with Crippen LogP contribution in [-0.4, -0.2) is 57.3 Å². The first-order valence-electron chi connectivity index (χ1n) is 8.59. The average molecular weight is 369 g/mol. The molecule has 0 atom stereocenters. The molecule has 0 bridgehead atoms. The van der Waals surface area contributed by atoms with Crippen molar-refractivity contribution in [1.29, 1.82) is 0 Å². The maximum atomic E-state index is 12.7. The number of hydrogen-bond donors (Lipinski definition) is 0. The van der Waals surface area contributed by atoms with Crippen LogP contribution in [0.15, 0.2) is 12.1 Å². The minimum Gasteiger partial charge on any atom is -0.466 e. The highest BCUT2D eigenvalue weighted by Crippen LogP contribution is 2.37. The van der Waals surface area contributed by atoms with Gasteiger partial charge < -0.3 is 19.1 Å². The molecule has 0 N–H and O–H groups in total. The summed E-state index contributed by atoms with van der Waals surface area (Å²) in [4.78, 5) is 28.7. The molecule has 1 saturated heterocycles. The number of methoxy groups -OCH3 is 2. The fraction of sp³-hybridized carbons (Fsp3) is 0.667. The predicted molar refractivity (Wildman–Crippen MR) is 95.7 cm³/mol. The SMILES string of the molecule is CCOC(=O)C1(CCOC)CCN(C(=O)c2ccc(COC)s2)CC1. The molecular weight excluding hydrogens is 342 g/mol. The minimum atomic E-state index is -0.542. The van der Waals surface area contributed by atoms with Gasteiger partial charge in [-0.05, 0) is 38.3 Å². The van der Waals surface area contributed by atoms with Gasteiger partial charge in [-0.2, -0.15) is 0 Å². The number of carbonyl (C=O) groups is 2. The first-order valence-corrected chi connectivity index (χ1v) is 9.41. The molecule has 6 nitrogen and oxygen atoms in total. The summed E-state index contributed by atoms with van der Waals surface area (Å²) in [5, 5.41) is 0. The van der Waals surface area contributed by atoms with E-state index in [2.05, 4.69) is 0 Å². The first kappa shape index (κ1) is 19.9. The van der Waals surface area contributed by atoms with Gasteiger partial charge in [-0.15, -0.1) is 11.3 Å². The van der Waals surface area contributed by atoms with Crippen LogP contribution in [0, 0.1) is 5.41 Å². The number of ether oxygens (including phenoxy) is 3. The van der Waals surface area contributed by atoms with Crippen molar-refractivity contribution in [3.8, 4) is 0 Å². The topological polar surface area (TPSA) is 65.1 Å². The van der Waals surface area contributed by atoms with Crippen LogP contribution in [-0.2, 0) is 25.6 Å². The molecule has 1 fully saturated rings. The smallest absolute Gasteiger partial charge is 0.312 e. The molecule has 140 valence electrons. The van der Waals surface area contributed by atoms with Crippen LogP contribution >= 0.6 is 11.3 Å². The molecule has 0 aromatic carbocycles. The summed E-state index contributed by atoms with van der Waals surface area (Å²) >= 11 is 1.46. The summed E-state index contributed by atoms with van der Waals surface area (Å²) in [6.45, 7) is 4.32. The fourth-order valence-corrected chi connectivity index (χ4v) is 4.09. The van der Waals surface area contributed by atoms with E-state index in [1.165, 1.54) is 11.3 Å². The second-order valence-electron chi connectivity index (χ2n) is 6.23. The molecule has 0 spiro atoms. The Balaban J connectivity index is 2.01. The summed E-state index contributed by atoms with van der Waals surface area (Å²) in [5.41, 5.74) is -0.542. The minimum absolute atomic E-state index is 0.0246. The maximum absolute atomic E-state index is 12.7. The van der Waals surface area contributed by atoms with Gasteiger partial charge >= 0.3 is 5.97 Å². The summed E-state index contributed by atoms with van der Waals surface area (Å²) < 4.78 is 15.6. The van der Waals surface area contributed by atoms with E-state index in [1.54, 1.807) is 14.2 Å². The number of carbonyl (C=O) groups excluding carboxylic acids is 2. The van der Waals surface area contributed by atoms with Crippen LogP contribution in [0.25, 0.3) is 0 Å². The molecule has 1 aromatic heterocycles. The summed E-state index contributed by atoms with van der Waals surface area (Å²) in [7, 11) is 3.27. The Morgan fingerprint density at radius 1 is 1.20 bits per heavy atom. The van der Waals surface area contributed by atoms with Crippen molar-refractivity contribution in [3.05, 3.63) is 21.9 Å². The van der Waals surface area contributed by atoms with Crippen LogP contribution in [0.3, 0.4) is 0 Å². The quantitative estimate of drug-likeness (QED) is 0.659. The van der Waals surface area contributed by atoms with E-state index >= 15 is 0 Å². The molecule has 0 radical (unpaired) electrons. The lowest BCUT2D eigenvalue weighted by Crippen LogP contribution is -2.47. The zero-order valence-electron chi connectivity index (χ0n) is 15.2. The average Bonchev–Trinajstić information content (AvgIpc) is 3.09. The molecule has 2 rings (SSSR count). The van der Waals surface area contributed by atoms with Gasteiger partial charge in [0, 0.05) is 38.8 Å². The van der Waals surface area contributed by atoms with Gasteiger partial charge in [0.2, 0.25) is 0 Å². The Morgan fingerprint density at radius 2 is 1.92 bits per heavy atom.